The quantitative estimate of drug-likeness (QED) is 0.392. The topological polar surface area (TPSA) is 85.6 Å². The van der Waals surface area contributed by atoms with Crippen molar-refractivity contribution in [2.75, 3.05) is 33.4 Å². The Morgan fingerprint density at radius 3 is 3.04 bits per heavy atom. The van der Waals surface area contributed by atoms with Crippen LogP contribution in [0.25, 0.3) is 0 Å². The lowest BCUT2D eigenvalue weighted by Crippen LogP contribution is -2.47. The van der Waals surface area contributed by atoms with Crippen LogP contribution in [0.1, 0.15) is 38.3 Å². The second-order valence-corrected chi connectivity index (χ2v) is 5.75. The molecule has 8 heteroatoms. The maximum Gasteiger partial charge on any atom is 0.191 e. The van der Waals surface area contributed by atoms with Crippen LogP contribution in [-0.4, -0.2) is 60.2 Å². The molecule has 1 aromatic heterocycles. The minimum absolute atomic E-state index is 0.305. The summed E-state index contributed by atoms with van der Waals surface area (Å²) in [6, 6.07) is 0.305. The number of guanidine groups is 1. The number of ether oxygens (including phenoxy) is 2. The molecule has 1 unspecified atom stereocenters. The van der Waals surface area contributed by atoms with Gasteiger partial charge in [0.2, 0.25) is 0 Å². The molecular formula is C16H30N6O2. The first-order valence-corrected chi connectivity index (χ1v) is 8.80. The Balaban J connectivity index is 1.86. The van der Waals surface area contributed by atoms with Crippen LogP contribution in [0.5, 0.6) is 0 Å². The lowest BCUT2D eigenvalue weighted by molar-refractivity contribution is 0.146. The number of nitrogens with one attached hydrogen (secondary N) is 2. The fourth-order valence-electron chi connectivity index (χ4n) is 2.68. The largest absolute Gasteiger partial charge is 0.382 e. The predicted octanol–water partition coefficient (Wildman–Crippen LogP) is 0.721. The summed E-state index contributed by atoms with van der Waals surface area (Å²) >= 11 is 0. The molecule has 0 aromatic carbocycles. The van der Waals surface area contributed by atoms with E-state index in [0.717, 1.165) is 69.7 Å². The monoisotopic (exact) mass is 338 g/mol. The molecule has 0 radical (unpaired) electrons. The average molecular weight is 338 g/mol. The Bertz CT molecular complexity index is 517. The van der Waals surface area contributed by atoms with Crippen LogP contribution in [0, 0.1) is 0 Å². The number of hydrogen-bond donors (Lipinski definition) is 2. The van der Waals surface area contributed by atoms with Crippen molar-refractivity contribution in [3.63, 3.8) is 0 Å². The zero-order valence-electron chi connectivity index (χ0n) is 15.0. The molecule has 1 aromatic rings. The van der Waals surface area contributed by atoms with Gasteiger partial charge in [-0.25, -0.2) is 9.67 Å². The lowest BCUT2D eigenvalue weighted by Gasteiger charge is -2.25. The van der Waals surface area contributed by atoms with Gasteiger partial charge in [0, 0.05) is 45.9 Å². The second-order valence-electron chi connectivity index (χ2n) is 5.75. The standard InChI is InChI=1S/C16H30N6O2/c1-4-17-16(18-9-6-10-24-5-2)19-13-7-8-15-20-14(12-23-3)21-22(15)11-13/h13H,4-12H2,1-3H3,(H2,17,18,19). The molecule has 0 amide bonds. The zero-order valence-corrected chi connectivity index (χ0v) is 15.0. The van der Waals surface area contributed by atoms with E-state index in [4.69, 9.17) is 9.47 Å². The number of methoxy groups -OCH3 is 1. The maximum atomic E-state index is 5.35. The first-order chi connectivity index (χ1) is 11.8. The molecule has 0 spiro atoms. The Morgan fingerprint density at radius 2 is 2.29 bits per heavy atom. The Hall–Kier alpha value is -1.67. The van der Waals surface area contributed by atoms with E-state index >= 15 is 0 Å². The molecule has 0 fully saturated rings. The minimum Gasteiger partial charge on any atom is -0.382 e. The molecule has 0 bridgehead atoms. The third-order valence-electron chi connectivity index (χ3n) is 3.78. The van der Waals surface area contributed by atoms with Crippen LogP contribution in [0.4, 0.5) is 0 Å². The van der Waals surface area contributed by atoms with Crippen molar-refractivity contribution in [3.05, 3.63) is 11.6 Å². The van der Waals surface area contributed by atoms with E-state index in [0.29, 0.717) is 12.6 Å². The first kappa shape index (κ1) is 18.7. The lowest BCUT2D eigenvalue weighted by atomic mass is 10.1. The number of rotatable bonds is 9. The summed E-state index contributed by atoms with van der Waals surface area (Å²) < 4.78 is 12.4. The number of nitrogens with zero attached hydrogens (tertiary/aromatic N) is 4. The summed E-state index contributed by atoms with van der Waals surface area (Å²) in [6.45, 7) is 8.46. The van der Waals surface area contributed by atoms with Gasteiger partial charge in [0.05, 0.1) is 6.54 Å². The molecule has 2 heterocycles. The highest BCUT2D eigenvalue weighted by Gasteiger charge is 2.22. The Morgan fingerprint density at radius 1 is 1.42 bits per heavy atom. The van der Waals surface area contributed by atoms with E-state index < -0.39 is 0 Å². The van der Waals surface area contributed by atoms with Crippen LogP contribution in [-0.2, 0) is 29.0 Å². The maximum absolute atomic E-state index is 5.35. The number of hydrogen-bond acceptors (Lipinski definition) is 5. The van der Waals surface area contributed by atoms with Crippen LogP contribution >= 0.6 is 0 Å². The molecular weight excluding hydrogens is 308 g/mol. The molecule has 1 aliphatic heterocycles. The van der Waals surface area contributed by atoms with Gasteiger partial charge in [0.25, 0.3) is 0 Å². The van der Waals surface area contributed by atoms with Crippen LogP contribution in [0.2, 0.25) is 0 Å². The summed E-state index contributed by atoms with van der Waals surface area (Å²) in [4.78, 5) is 9.13. The summed E-state index contributed by atoms with van der Waals surface area (Å²) in [5, 5.41) is 11.3. The molecule has 0 saturated carbocycles. The number of aryl methyl sites for hydroxylation is 1. The van der Waals surface area contributed by atoms with Gasteiger partial charge < -0.3 is 20.1 Å². The van der Waals surface area contributed by atoms with Gasteiger partial charge in [-0.3, -0.25) is 4.99 Å². The van der Waals surface area contributed by atoms with Crippen LogP contribution in [0.15, 0.2) is 4.99 Å². The predicted molar refractivity (Wildman–Crippen MR) is 93.1 cm³/mol. The Kier molecular flexibility index (Phi) is 7.97. The fraction of sp³-hybridized carbons (Fsp3) is 0.812. The first-order valence-electron chi connectivity index (χ1n) is 8.80. The normalized spacial score (nSPS) is 17.6. The highest BCUT2D eigenvalue weighted by atomic mass is 16.5. The average Bonchev–Trinajstić information content (AvgIpc) is 2.97. The SMILES string of the molecule is CCNC(=NCCCOCC)NC1CCc2nc(COC)nn2C1. The number of fused-ring (bicyclic) bond motifs is 1. The third-order valence-corrected chi connectivity index (χ3v) is 3.78. The molecule has 1 aliphatic rings. The van der Waals surface area contributed by atoms with Gasteiger partial charge in [-0.2, -0.15) is 5.10 Å². The van der Waals surface area contributed by atoms with Crippen molar-refractivity contribution in [2.45, 2.75) is 52.3 Å². The van der Waals surface area contributed by atoms with Crippen molar-refractivity contribution in [3.8, 4) is 0 Å². The summed E-state index contributed by atoms with van der Waals surface area (Å²) in [5.41, 5.74) is 0. The van der Waals surface area contributed by atoms with Gasteiger partial charge >= 0.3 is 0 Å². The molecule has 1 atom stereocenters. The van der Waals surface area contributed by atoms with Gasteiger partial charge in [-0.1, -0.05) is 0 Å². The van der Waals surface area contributed by atoms with E-state index in [2.05, 4.69) is 32.6 Å². The molecule has 24 heavy (non-hydrogen) atoms. The fourth-order valence-corrected chi connectivity index (χ4v) is 2.68. The molecule has 0 saturated heterocycles. The molecule has 8 nitrogen and oxygen atoms in total. The van der Waals surface area contributed by atoms with Crippen LogP contribution < -0.4 is 10.6 Å². The minimum atomic E-state index is 0.305. The van der Waals surface area contributed by atoms with Gasteiger partial charge in [0.15, 0.2) is 11.8 Å². The van der Waals surface area contributed by atoms with Gasteiger partial charge in [-0.15, -0.1) is 0 Å². The van der Waals surface area contributed by atoms with Crippen molar-refractivity contribution in [1.29, 1.82) is 0 Å². The summed E-state index contributed by atoms with van der Waals surface area (Å²) in [5.74, 6) is 2.66. The number of aromatic nitrogens is 3. The van der Waals surface area contributed by atoms with Crippen molar-refractivity contribution in [2.24, 2.45) is 4.99 Å². The molecule has 2 rings (SSSR count). The zero-order chi connectivity index (χ0) is 17.2. The highest BCUT2D eigenvalue weighted by molar-refractivity contribution is 5.80. The van der Waals surface area contributed by atoms with Crippen molar-refractivity contribution >= 4 is 5.96 Å². The molecule has 136 valence electrons. The second kappa shape index (κ2) is 10.2. The van der Waals surface area contributed by atoms with Gasteiger partial charge in [-0.05, 0) is 26.7 Å². The van der Waals surface area contributed by atoms with Crippen molar-refractivity contribution < 1.29 is 9.47 Å². The molecule has 0 aliphatic carbocycles. The highest BCUT2D eigenvalue weighted by Crippen LogP contribution is 2.13. The summed E-state index contributed by atoms with van der Waals surface area (Å²) in [7, 11) is 1.66. The van der Waals surface area contributed by atoms with Gasteiger partial charge in [0.1, 0.15) is 12.4 Å². The van der Waals surface area contributed by atoms with E-state index in [1.54, 1.807) is 7.11 Å². The van der Waals surface area contributed by atoms with Crippen molar-refractivity contribution in [1.82, 2.24) is 25.4 Å². The van der Waals surface area contributed by atoms with E-state index in [1.807, 2.05) is 11.6 Å². The molecule has 2 N–H and O–H groups in total. The Labute approximate surface area is 144 Å². The van der Waals surface area contributed by atoms with E-state index in [1.165, 1.54) is 0 Å². The number of aliphatic imine (C=N–C) groups is 1. The smallest absolute Gasteiger partial charge is 0.191 e. The van der Waals surface area contributed by atoms with E-state index in [-0.39, 0.29) is 0 Å². The third kappa shape index (κ3) is 5.76. The summed E-state index contributed by atoms with van der Waals surface area (Å²) in [6.07, 6.45) is 2.87. The van der Waals surface area contributed by atoms with E-state index in [9.17, 15) is 0 Å². The van der Waals surface area contributed by atoms with Crippen LogP contribution in [0.3, 0.4) is 0 Å².